The molecule has 3 heterocycles. The van der Waals surface area contributed by atoms with Gasteiger partial charge in [-0.1, -0.05) is 103 Å². The Bertz CT molecular complexity index is 2450. The van der Waals surface area contributed by atoms with Gasteiger partial charge in [0.1, 0.15) is 11.2 Å². The largest absolute Gasteiger partial charge is 0.455 e. The molecule has 0 bridgehead atoms. The summed E-state index contributed by atoms with van der Waals surface area (Å²) in [6.45, 7) is 0. The number of nitrogens with zero attached hydrogens (tertiary/aromatic N) is 2. The minimum Gasteiger partial charge on any atom is -0.455 e. The summed E-state index contributed by atoms with van der Waals surface area (Å²) in [6.07, 6.45) is 0. The van der Waals surface area contributed by atoms with Gasteiger partial charge in [0.05, 0.1) is 22.4 Å². The normalized spacial score (nSPS) is 12.1. The fourth-order valence-corrected chi connectivity index (χ4v) is 6.37. The molecule has 3 aromatic heterocycles. The van der Waals surface area contributed by atoms with E-state index in [-0.39, 0.29) is 0 Å². The zero-order valence-electron chi connectivity index (χ0n) is 20.8. The summed E-state index contributed by atoms with van der Waals surface area (Å²) in [6, 6.07) is 42.2. The van der Waals surface area contributed by atoms with E-state index in [1.165, 1.54) is 10.8 Å². The Labute approximate surface area is 222 Å². The molecule has 0 fully saturated rings. The van der Waals surface area contributed by atoms with Crippen LogP contribution in [0.3, 0.4) is 0 Å². The van der Waals surface area contributed by atoms with Gasteiger partial charge in [-0.2, -0.15) is 0 Å². The van der Waals surface area contributed by atoms with Gasteiger partial charge in [-0.15, -0.1) is 0 Å². The highest BCUT2D eigenvalue weighted by Crippen LogP contribution is 2.47. The van der Waals surface area contributed by atoms with Crippen LogP contribution in [-0.4, -0.2) is 9.97 Å². The molecule has 0 saturated heterocycles. The van der Waals surface area contributed by atoms with Crippen LogP contribution in [0, 0.1) is 0 Å². The molecule has 0 saturated carbocycles. The maximum atomic E-state index is 6.59. The molecule has 0 N–H and O–H groups in total. The molecule has 39 heavy (non-hydrogen) atoms. The predicted molar refractivity (Wildman–Crippen MR) is 162 cm³/mol. The summed E-state index contributed by atoms with van der Waals surface area (Å²) in [5, 5.41) is 11.3. The average molecular weight is 497 g/mol. The molecule has 180 valence electrons. The van der Waals surface area contributed by atoms with Crippen LogP contribution >= 0.6 is 0 Å². The molecule has 0 atom stereocenters. The molecule has 0 aliphatic heterocycles. The van der Waals surface area contributed by atoms with Gasteiger partial charge in [0.15, 0.2) is 0 Å². The summed E-state index contributed by atoms with van der Waals surface area (Å²) in [7, 11) is 0. The summed E-state index contributed by atoms with van der Waals surface area (Å²) in [4.78, 5) is 10.7. The summed E-state index contributed by atoms with van der Waals surface area (Å²) < 4.78 is 6.59. The highest BCUT2D eigenvalue weighted by molar-refractivity contribution is 6.37. The maximum Gasteiger partial charge on any atom is 0.143 e. The van der Waals surface area contributed by atoms with Crippen LogP contribution in [0.25, 0.3) is 87.4 Å². The SMILES string of the molecule is c1ccc2c(c1)nc(-c1nc3ccccc3c3c4ccccc4c4oc5ccccc5c4c13)c1ccccc12. The Kier molecular flexibility index (Phi) is 4.05. The molecule has 0 aliphatic carbocycles. The van der Waals surface area contributed by atoms with E-state index < -0.39 is 0 Å². The van der Waals surface area contributed by atoms with Crippen molar-refractivity contribution in [1.29, 1.82) is 0 Å². The minimum atomic E-state index is 0.876. The number of pyridine rings is 2. The second-order valence-electron chi connectivity index (χ2n) is 10.1. The first-order valence-corrected chi connectivity index (χ1v) is 13.2. The van der Waals surface area contributed by atoms with Crippen molar-refractivity contribution in [2.45, 2.75) is 0 Å². The summed E-state index contributed by atoms with van der Waals surface area (Å²) >= 11 is 0. The monoisotopic (exact) mass is 496 g/mol. The second kappa shape index (κ2) is 7.62. The zero-order valence-corrected chi connectivity index (χ0v) is 20.8. The lowest BCUT2D eigenvalue weighted by Gasteiger charge is -2.16. The zero-order chi connectivity index (χ0) is 25.5. The first-order chi connectivity index (χ1) is 19.4. The van der Waals surface area contributed by atoms with Crippen molar-refractivity contribution in [2.75, 3.05) is 0 Å². The third-order valence-electron chi connectivity index (χ3n) is 8.01. The minimum absolute atomic E-state index is 0.876. The Morgan fingerprint density at radius 2 is 0.897 bits per heavy atom. The lowest BCUT2D eigenvalue weighted by atomic mass is 9.91. The van der Waals surface area contributed by atoms with Crippen molar-refractivity contribution in [3.63, 3.8) is 0 Å². The van der Waals surface area contributed by atoms with Crippen molar-refractivity contribution >= 4 is 76.1 Å². The molecule has 0 amide bonds. The standard InChI is InChI=1S/C36H20N2O/c1-3-14-24-21(11-1)22-12-5-8-18-28(22)37-34(24)35-33-31(26-16-6-9-19-29(26)38-35)23-13-2-4-15-25(23)36-32(33)27-17-7-10-20-30(27)39-36/h1-20H. The van der Waals surface area contributed by atoms with Gasteiger partial charge in [-0.25, -0.2) is 9.97 Å². The van der Waals surface area contributed by atoms with Gasteiger partial charge in [0.2, 0.25) is 0 Å². The van der Waals surface area contributed by atoms with Crippen LogP contribution in [0.4, 0.5) is 0 Å². The highest BCUT2D eigenvalue weighted by atomic mass is 16.3. The Balaban J connectivity index is 1.63. The van der Waals surface area contributed by atoms with E-state index in [9.17, 15) is 0 Å². The van der Waals surface area contributed by atoms with E-state index >= 15 is 0 Å². The third kappa shape index (κ3) is 2.76. The van der Waals surface area contributed by atoms with Crippen molar-refractivity contribution < 1.29 is 4.42 Å². The number of fused-ring (bicyclic) bond motifs is 13. The number of benzene rings is 6. The molecular formula is C36H20N2O. The molecule has 0 spiro atoms. The molecule has 9 rings (SSSR count). The maximum absolute atomic E-state index is 6.59. The van der Waals surface area contributed by atoms with Crippen molar-refractivity contribution in [2.24, 2.45) is 0 Å². The van der Waals surface area contributed by atoms with E-state index in [0.717, 1.165) is 76.7 Å². The third-order valence-corrected chi connectivity index (χ3v) is 8.01. The van der Waals surface area contributed by atoms with Gasteiger partial charge < -0.3 is 4.42 Å². The lowest BCUT2D eigenvalue weighted by molar-refractivity contribution is 0.673. The number of para-hydroxylation sites is 3. The average Bonchev–Trinajstić information content (AvgIpc) is 3.40. The predicted octanol–water partition coefficient (Wildman–Crippen LogP) is 9.81. The fourth-order valence-electron chi connectivity index (χ4n) is 6.37. The number of furan rings is 1. The molecule has 3 nitrogen and oxygen atoms in total. The molecular weight excluding hydrogens is 476 g/mol. The molecule has 0 unspecified atom stereocenters. The van der Waals surface area contributed by atoms with Crippen LogP contribution in [-0.2, 0) is 0 Å². The number of hydrogen-bond acceptors (Lipinski definition) is 3. The summed E-state index contributed by atoms with van der Waals surface area (Å²) in [5.41, 5.74) is 5.46. The first-order valence-electron chi connectivity index (χ1n) is 13.2. The van der Waals surface area contributed by atoms with Crippen LogP contribution in [0.5, 0.6) is 0 Å². The first kappa shape index (κ1) is 20.7. The van der Waals surface area contributed by atoms with Gasteiger partial charge in [-0.05, 0) is 29.0 Å². The number of aromatic nitrogens is 2. The number of rotatable bonds is 1. The van der Waals surface area contributed by atoms with E-state index in [2.05, 4.69) is 109 Å². The van der Waals surface area contributed by atoms with Crippen molar-refractivity contribution in [3.8, 4) is 11.4 Å². The summed E-state index contributed by atoms with van der Waals surface area (Å²) in [5.74, 6) is 0. The Hall–Kier alpha value is -5.28. The van der Waals surface area contributed by atoms with Crippen LogP contribution in [0.2, 0.25) is 0 Å². The fraction of sp³-hybridized carbons (Fsp3) is 0. The molecule has 6 aromatic carbocycles. The van der Waals surface area contributed by atoms with E-state index in [1.54, 1.807) is 0 Å². The van der Waals surface area contributed by atoms with Crippen LogP contribution < -0.4 is 0 Å². The molecule has 9 aromatic rings. The smallest absolute Gasteiger partial charge is 0.143 e. The molecule has 3 heteroatoms. The van der Waals surface area contributed by atoms with E-state index in [4.69, 9.17) is 14.4 Å². The van der Waals surface area contributed by atoms with Gasteiger partial charge in [0.25, 0.3) is 0 Å². The van der Waals surface area contributed by atoms with Crippen molar-refractivity contribution in [3.05, 3.63) is 121 Å². The van der Waals surface area contributed by atoms with E-state index in [1.807, 2.05) is 12.1 Å². The lowest BCUT2D eigenvalue weighted by Crippen LogP contribution is -1.96. The van der Waals surface area contributed by atoms with Crippen LogP contribution in [0.1, 0.15) is 0 Å². The van der Waals surface area contributed by atoms with Crippen LogP contribution in [0.15, 0.2) is 126 Å². The van der Waals surface area contributed by atoms with Crippen molar-refractivity contribution in [1.82, 2.24) is 9.97 Å². The van der Waals surface area contributed by atoms with Gasteiger partial charge in [0, 0.05) is 43.1 Å². The Morgan fingerprint density at radius 1 is 0.359 bits per heavy atom. The van der Waals surface area contributed by atoms with E-state index in [0.29, 0.717) is 0 Å². The van der Waals surface area contributed by atoms with Gasteiger partial charge >= 0.3 is 0 Å². The topological polar surface area (TPSA) is 38.9 Å². The molecule has 0 aliphatic rings. The Morgan fingerprint density at radius 3 is 1.69 bits per heavy atom. The highest BCUT2D eigenvalue weighted by Gasteiger charge is 2.23. The quantitative estimate of drug-likeness (QED) is 0.212. The van der Waals surface area contributed by atoms with Gasteiger partial charge in [-0.3, -0.25) is 0 Å². The number of hydrogen-bond donors (Lipinski definition) is 0. The molecule has 0 radical (unpaired) electrons. The second-order valence-corrected chi connectivity index (χ2v) is 10.1.